The van der Waals surface area contributed by atoms with Gasteiger partial charge in [0, 0.05) is 24.3 Å². The Morgan fingerprint density at radius 3 is 2.83 bits per heavy atom. The van der Waals surface area contributed by atoms with Crippen LogP contribution in [0.15, 0.2) is 23.3 Å². The quantitative estimate of drug-likeness (QED) is 0.841. The van der Waals surface area contributed by atoms with Crippen molar-refractivity contribution in [1.29, 1.82) is 0 Å². The lowest BCUT2D eigenvalue weighted by atomic mass is 10.2. The van der Waals surface area contributed by atoms with Crippen LogP contribution in [0.25, 0.3) is 0 Å². The molecular formula is C12H17N5O. The molecule has 18 heavy (non-hydrogen) atoms. The summed E-state index contributed by atoms with van der Waals surface area (Å²) in [6.07, 6.45) is 1.51. The maximum Gasteiger partial charge on any atom is 0.255 e. The number of aryl methyl sites for hydroxylation is 2. The molecule has 0 amide bonds. The predicted octanol–water partition coefficient (Wildman–Crippen LogP) is 0.275. The topological polar surface area (TPSA) is 78.7 Å². The summed E-state index contributed by atoms with van der Waals surface area (Å²) < 4.78 is 3.46. The standard InChI is InChI=1S/C12H17N5O/c1-3-17-11(14-8-15-17)7-16-9(2)4-5-10(6-13)12(16)18/h4-5,8H,3,6-7,13H2,1-2H3. The Balaban J connectivity index is 2.43. The molecule has 0 spiro atoms. The second-order valence-corrected chi connectivity index (χ2v) is 4.09. The lowest BCUT2D eigenvalue weighted by molar-refractivity contribution is 0.578. The van der Waals surface area contributed by atoms with E-state index in [1.54, 1.807) is 15.3 Å². The van der Waals surface area contributed by atoms with E-state index < -0.39 is 0 Å². The number of rotatable bonds is 4. The highest BCUT2D eigenvalue weighted by Gasteiger charge is 2.09. The van der Waals surface area contributed by atoms with Gasteiger partial charge in [-0.1, -0.05) is 6.07 Å². The predicted molar refractivity (Wildman–Crippen MR) is 68.1 cm³/mol. The minimum atomic E-state index is -0.0526. The van der Waals surface area contributed by atoms with Crippen LogP contribution in [0.5, 0.6) is 0 Å². The van der Waals surface area contributed by atoms with Gasteiger partial charge in [0.15, 0.2) is 0 Å². The number of nitrogens with zero attached hydrogens (tertiary/aromatic N) is 4. The van der Waals surface area contributed by atoms with Gasteiger partial charge in [-0.3, -0.25) is 4.79 Å². The lowest BCUT2D eigenvalue weighted by Crippen LogP contribution is -2.28. The van der Waals surface area contributed by atoms with Crippen LogP contribution in [-0.4, -0.2) is 19.3 Å². The molecule has 0 aliphatic carbocycles. The third-order valence-electron chi connectivity index (χ3n) is 2.99. The molecule has 6 heteroatoms. The zero-order valence-electron chi connectivity index (χ0n) is 10.6. The van der Waals surface area contributed by atoms with E-state index >= 15 is 0 Å². The molecule has 0 fully saturated rings. The molecule has 0 radical (unpaired) electrons. The molecule has 0 bridgehead atoms. The van der Waals surface area contributed by atoms with Crippen LogP contribution in [0, 0.1) is 6.92 Å². The van der Waals surface area contributed by atoms with Gasteiger partial charge in [0.1, 0.15) is 12.2 Å². The minimum Gasteiger partial charge on any atom is -0.326 e. The Morgan fingerprint density at radius 2 is 2.17 bits per heavy atom. The van der Waals surface area contributed by atoms with E-state index in [-0.39, 0.29) is 12.1 Å². The maximum atomic E-state index is 12.2. The highest BCUT2D eigenvalue weighted by molar-refractivity contribution is 5.16. The molecule has 6 nitrogen and oxygen atoms in total. The monoisotopic (exact) mass is 247 g/mol. The summed E-state index contributed by atoms with van der Waals surface area (Å²) in [5, 5.41) is 4.10. The molecule has 0 aliphatic heterocycles. The molecule has 0 aromatic carbocycles. The highest BCUT2D eigenvalue weighted by atomic mass is 16.1. The Labute approximate surface area is 105 Å². The highest BCUT2D eigenvalue weighted by Crippen LogP contribution is 2.02. The SMILES string of the molecule is CCn1ncnc1Cn1c(C)ccc(CN)c1=O. The zero-order valence-corrected chi connectivity index (χ0v) is 10.6. The molecule has 0 unspecified atom stereocenters. The van der Waals surface area contributed by atoms with Crippen molar-refractivity contribution in [3.63, 3.8) is 0 Å². The van der Waals surface area contributed by atoms with Gasteiger partial charge in [0.05, 0.1) is 6.54 Å². The fourth-order valence-electron chi connectivity index (χ4n) is 1.88. The molecule has 0 saturated carbocycles. The normalized spacial score (nSPS) is 10.8. The van der Waals surface area contributed by atoms with Gasteiger partial charge in [0.25, 0.3) is 5.56 Å². The van der Waals surface area contributed by atoms with E-state index in [2.05, 4.69) is 10.1 Å². The van der Waals surface area contributed by atoms with E-state index in [9.17, 15) is 4.79 Å². The maximum absolute atomic E-state index is 12.2. The average molecular weight is 247 g/mol. The molecule has 2 heterocycles. The first-order chi connectivity index (χ1) is 8.67. The summed E-state index contributed by atoms with van der Waals surface area (Å²) in [6.45, 7) is 5.30. The summed E-state index contributed by atoms with van der Waals surface area (Å²) >= 11 is 0. The second-order valence-electron chi connectivity index (χ2n) is 4.09. The van der Waals surface area contributed by atoms with Crippen LogP contribution in [0.2, 0.25) is 0 Å². The third kappa shape index (κ3) is 2.19. The van der Waals surface area contributed by atoms with Crippen molar-refractivity contribution in [3.05, 3.63) is 45.9 Å². The van der Waals surface area contributed by atoms with Crippen molar-refractivity contribution in [3.8, 4) is 0 Å². The molecule has 0 saturated heterocycles. The average Bonchev–Trinajstić information content (AvgIpc) is 2.82. The van der Waals surface area contributed by atoms with Gasteiger partial charge in [-0.15, -0.1) is 0 Å². The molecule has 96 valence electrons. The molecule has 2 N–H and O–H groups in total. The van der Waals surface area contributed by atoms with Crippen molar-refractivity contribution >= 4 is 0 Å². The molecule has 2 aromatic rings. The van der Waals surface area contributed by atoms with Crippen LogP contribution in [0.1, 0.15) is 24.0 Å². The van der Waals surface area contributed by atoms with Gasteiger partial charge in [-0.25, -0.2) is 9.67 Å². The molecular weight excluding hydrogens is 230 g/mol. The van der Waals surface area contributed by atoms with Crippen molar-refractivity contribution < 1.29 is 0 Å². The van der Waals surface area contributed by atoms with E-state index in [1.165, 1.54) is 6.33 Å². The number of aromatic nitrogens is 4. The summed E-state index contributed by atoms with van der Waals surface area (Å²) in [5.74, 6) is 0.775. The summed E-state index contributed by atoms with van der Waals surface area (Å²) in [6, 6.07) is 3.68. The van der Waals surface area contributed by atoms with E-state index in [4.69, 9.17) is 5.73 Å². The van der Waals surface area contributed by atoms with Gasteiger partial charge < -0.3 is 10.3 Å². The second kappa shape index (κ2) is 5.14. The van der Waals surface area contributed by atoms with Crippen molar-refractivity contribution in [2.24, 2.45) is 5.73 Å². The van der Waals surface area contributed by atoms with Crippen molar-refractivity contribution in [1.82, 2.24) is 19.3 Å². The van der Waals surface area contributed by atoms with E-state index in [0.29, 0.717) is 12.1 Å². The Bertz CT molecular complexity index is 599. The Morgan fingerprint density at radius 1 is 1.39 bits per heavy atom. The summed E-state index contributed by atoms with van der Waals surface area (Å²) in [7, 11) is 0. The molecule has 0 aliphatic rings. The van der Waals surface area contributed by atoms with Crippen molar-refractivity contribution in [2.75, 3.05) is 0 Å². The molecule has 2 aromatic heterocycles. The van der Waals surface area contributed by atoms with Crippen LogP contribution in [-0.2, 0) is 19.6 Å². The number of hydrogen-bond donors (Lipinski definition) is 1. The number of pyridine rings is 1. The van der Waals surface area contributed by atoms with Gasteiger partial charge >= 0.3 is 0 Å². The number of hydrogen-bond acceptors (Lipinski definition) is 4. The van der Waals surface area contributed by atoms with E-state index in [0.717, 1.165) is 18.1 Å². The number of nitrogens with two attached hydrogens (primary N) is 1. The third-order valence-corrected chi connectivity index (χ3v) is 2.99. The first kappa shape index (κ1) is 12.5. The largest absolute Gasteiger partial charge is 0.326 e. The van der Waals surface area contributed by atoms with Crippen molar-refractivity contribution in [2.45, 2.75) is 33.5 Å². The fourth-order valence-corrected chi connectivity index (χ4v) is 1.88. The van der Waals surface area contributed by atoms with Gasteiger partial charge in [0.2, 0.25) is 0 Å². The van der Waals surface area contributed by atoms with Crippen LogP contribution >= 0.6 is 0 Å². The van der Waals surface area contributed by atoms with Gasteiger partial charge in [-0.05, 0) is 19.9 Å². The Kier molecular flexibility index (Phi) is 3.57. The van der Waals surface area contributed by atoms with E-state index in [1.807, 2.05) is 19.9 Å². The summed E-state index contributed by atoms with van der Waals surface area (Å²) in [5.41, 5.74) is 7.01. The van der Waals surface area contributed by atoms with Crippen LogP contribution in [0.3, 0.4) is 0 Å². The summed E-state index contributed by atoms with van der Waals surface area (Å²) in [4.78, 5) is 16.4. The zero-order chi connectivity index (χ0) is 13.1. The first-order valence-corrected chi connectivity index (χ1v) is 5.93. The molecule has 2 rings (SSSR count). The fraction of sp³-hybridized carbons (Fsp3) is 0.417. The van der Waals surface area contributed by atoms with Crippen LogP contribution < -0.4 is 11.3 Å². The molecule has 0 atom stereocenters. The van der Waals surface area contributed by atoms with Crippen LogP contribution in [0.4, 0.5) is 0 Å². The lowest BCUT2D eigenvalue weighted by Gasteiger charge is -2.11. The first-order valence-electron chi connectivity index (χ1n) is 5.93. The minimum absolute atomic E-state index is 0.0526. The smallest absolute Gasteiger partial charge is 0.255 e. The Hall–Kier alpha value is -1.95. The van der Waals surface area contributed by atoms with Gasteiger partial charge in [-0.2, -0.15) is 5.10 Å².